The minimum absolute atomic E-state index is 0.153. The van der Waals surface area contributed by atoms with Crippen LogP contribution in [0.5, 0.6) is 0 Å². The molecule has 1 aromatic carbocycles. The summed E-state index contributed by atoms with van der Waals surface area (Å²) < 4.78 is 18.2. The van der Waals surface area contributed by atoms with Gasteiger partial charge in [0.2, 0.25) is 0 Å². The number of methoxy groups -OCH3 is 1. The fourth-order valence-electron chi connectivity index (χ4n) is 1.64. The molecule has 1 rings (SSSR count). The molecule has 2 nitrogen and oxygen atoms in total. The number of nitrogens with one attached hydrogen (secondary N) is 1. The summed E-state index contributed by atoms with van der Waals surface area (Å²) in [6.45, 7) is 3.26. The van der Waals surface area contributed by atoms with Gasteiger partial charge < -0.3 is 10.1 Å². The fourth-order valence-corrected chi connectivity index (χ4v) is 1.64. The molecule has 0 saturated heterocycles. The average Bonchev–Trinajstić information content (AvgIpc) is 2.22. The number of hydrogen-bond donors (Lipinski definition) is 1. The van der Waals surface area contributed by atoms with E-state index in [4.69, 9.17) is 4.74 Å². The second-order valence-corrected chi connectivity index (χ2v) is 3.72. The number of likely N-dealkylation sites (N-methyl/N-ethyl adjacent to an activating group) is 1. The van der Waals surface area contributed by atoms with Gasteiger partial charge >= 0.3 is 0 Å². The van der Waals surface area contributed by atoms with Gasteiger partial charge in [-0.2, -0.15) is 0 Å². The maximum atomic E-state index is 13.1. The lowest BCUT2D eigenvalue weighted by molar-refractivity contribution is 0.178. The van der Waals surface area contributed by atoms with Gasteiger partial charge in [0.25, 0.3) is 0 Å². The smallest absolute Gasteiger partial charge is 0.126 e. The Morgan fingerprint density at radius 2 is 2.20 bits per heavy atom. The first kappa shape index (κ1) is 12.1. The molecule has 0 fully saturated rings. The Morgan fingerprint density at radius 3 is 2.73 bits per heavy atom. The highest BCUT2D eigenvalue weighted by molar-refractivity contribution is 5.27. The molecule has 0 heterocycles. The first-order valence-corrected chi connectivity index (χ1v) is 5.08. The topological polar surface area (TPSA) is 21.3 Å². The van der Waals surface area contributed by atoms with E-state index in [2.05, 4.69) is 5.32 Å². The van der Waals surface area contributed by atoms with Crippen molar-refractivity contribution in [3.05, 3.63) is 35.1 Å². The van der Waals surface area contributed by atoms with E-state index in [0.29, 0.717) is 12.2 Å². The molecule has 15 heavy (non-hydrogen) atoms. The zero-order chi connectivity index (χ0) is 11.3. The second kappa shape index (κ2) is 5.83. The molecular weight excluding hydrogens is 193 g/mol. The molecule has 1 atom stereocenters. The van der Waals surface area contributed by atoms with Crippen LogP contribution in [0.2, 0.25) is 0 Å². The highest BCUT2D eigenvalue weighted by atomic mass is 19.1. The first-order chi connectivity index (χ1) is 7.19. The third-order valence-electron chi connectivity index (χ3n) is 2.47. The molecule has 0 bridgehead atoms. The number of rotatable bonds is 5. The van der Waals surface area contributed by atoms with E-state index in [1.807, 2.05) is 19.2 Å². The number of benzene rings is 1. The van der Waals surface area contributed by atoms with Crippen LogP contribution in [0.15, 0.2) is 18.2 Å². The quantitative estimate of drug-likeness (QED) is 0.805. The third kappa shape index (κ3) is 3.29. The highest BCUT2D eigenvalue weighted by Gasteiger charge is 2.11. The van der Waals surface area contributed by atoms with Crippen molar-refractivity contribution in [1.29, 1.82) is 0 Å². The van der Waals surface area contributed by atoms with Crippen molar-refractivity contribution in [3.8, 4) is 0 Å². The van der Waals surface area contributed by atoms with E-state index in [0.717, 1.165) is 12.1 Å². The number of ether oxygens (including phenoxy) is 1. The molecule has 0 spiro atoms. The summed E-state index contributed by atoms with van der Waals surface area (Å²) in [5.41, 5.74) is 1.80. The van der Waals surface area contributed by atoms with E-state index in [9.17, 15) is 4.39 Å². The average molecular weight is 211 g/mol. The zero-order valence-corrected chi connectivity index (χ0v) is 9.51. The molecule has 1 unspecified atom stereocenters. The van der Waals surface area contributed by atoms with Crippen LogP contribution < -0.4 is 5.32 Å². The SMILES string of the molecule is CNCC(COC)c1ccc(F)c(C)c1. The molecule has 0 aliphatic carbocycles. The Labute approximate surface area is 90.4 Å². The maximum absolute atomic E-state index is 13.1. The molecule has 0 aliphatic rings. The summed E-state index contributed by atoms with van der Waals surface area (Å²) in [4.78, 5) is 0. The van der Waals surface area contributed by atoms with Gasteiger partial charge in [0, 0.05) is 19.6 Å². The Hall–Kier alpha value is -0.930. The lowest BCUT2D eigenvalue weighted by atomic mass is 9.98. The predicted molar refractivity (Wildman–Crippen MR) is 59.7 cm³/mol. The lowest BCUT2D eigenvalue weighted by Crippen LogP contribution is -2.21. The number of hydrogen-bond acceptors (Lipinski definition) is 2. The van der Waals surface area contributed by atoms with Crippen LogP contribution in [0, 0.1) is 12.7 Å². The van der Waals surface area contributed by atoms with Gasteiger partial charge in [-0.1, -0.05) is 12.1 Å². The van der Waals surface area contributed by atoms with Gasteiger partial charge in [0.05, 0.1) is 6.61 Å². The van der Waals surface area contributed by atoms with E-state index in [1.54, 1.807) is 14.0 Å². The maximum Gasteiger partial charge on any atom is 0.126 e. The molecular formula is C12H18FNO. The van der Waals surface area contributed by atoms with Crippen molar-refractivity contribution in [2.24, 2.45) is 0 Å². The van der Waals surface area contributed by atoms with Gasteiger partial charge in [0.1, 0.15) is 5.82 Å². The minimum Gasteiger partial charge on any atom is -0.384 e. The van der Waals surface area contributed by atoms with Crippen LogP contribution in [0.1, 0.15) is 17.0 Å². The summed E-state index contributed by atoms with van der Waals surface area (Å²) in [5.74, 6) is 0.124. The van der Waals surface area contributed by atoms with Gasteiger partial charge in [-0.15, -0.1) is 0 Å². The van der Waals surface area contributed by atoms with Crippen LogP contribution in [0.25, 0.3) is 0 Å². The fraction of sp³-hybridized carbons (Fsp3) is 0.500. The minimum atomic E-state index is -0.153. The van der Waals surface area contributed by atoms with Crippen molar-refractivity contribution < 1.29 is 9.13 Å². The molecule has 0 aliphatic heterocycles. The van der Waals surface area contributed by atoms with E-state index in [1.165, 1.54) is 6.07 Å². The molecule has 0 saturated carbocycles. The van der Waals surface area contributed by atoms with E-state index >= 15 is 0 Å². The van der Waals surface area contributed by atoms with Crippen LogP contribution in [0.4, 0.5) is 4.39 Å². The normalized spacial score (nSPS) is 12.8. The van der Waals surface area contributed by atoms with Crippen molar-refractivity contribution in [2.45, 2.75) is 12.8 Å². The Bertz CT molecular complexity index is 308. The van der Waals surface area contributed by atoms with Crippen LogP contribution in [-0.2, 0) is 4.74 Å². The van der Waals surface area contributed by atoms with Gasteiger partial charge in [-0.25, -0.2) is 4.39 Å². The summed E-state index contributed by atoms with van der Waals surface area (Å²) in [6, 6.07) is 5.22. The molecule has 84 valence electrons. The molecule has 0 amide bonds. The molecule has 1 aromatic rings. The van der Waals surface area contributed by atoms with Crippen molar-refractivity contribution in [1.82, 2.24) is 5.32 Å². The van der Waals surface area contributed by atoms with Crippen molar-refractivity contribution in [3.63, 3.8) is 0 Å². The molecule has 1 N–H and O–H groups in total. The predicted octanol–water partition coefficient (Wildman–Crippen LogP) is 2.08. The summed E-state index contributed by atoms with van der Waals surface area (Å²) in [7, 11) is 3.58. The Morgan fingerprint density at radius 1 is 1.47 bits per heavy atom. The lowest BCUT2D eigenvalue weighted by Gasteiger charge is -2.16. The molecule has 0 aromatic heterocycles. The summed E-state index contributed by atoms with van der Waals surface area (Å²) >= 11 is 0. The highest BCUT2D eigenvalue weighted by Crippen LogP contribution is 2.18. The number of aryl methyl sites for hydroxylation is 1. The van der Waals surface area contributed by atoms with Crippen LogP contribution in [-0.4, -0.2) is 27.3 Å². The second-order valence-electron chi connectivity index (χ2n) is 3.72. The first-order valence-electron chi connectivity index (χ1n) is 5.08. The van der Waals surface area contributed by atoms with Gasteiger partial charge in [-0.3, -0.25) is 0 Å². The monoisotopic (exact) mass is 211 g/mol. The Balaban J connectivity index is 2.85. The zero-order valence-electron chi connectivity index (χ0n) is 9.51. The summed E-state index contributed by atoms with van der Waals surface area (Å²) in [6.07, 6.45) is 0. The van der Waals surface area contributed by atoms with E-state index in [-0.39, 0.29) is 11.7 Å². The molecule has 3 heteroatoms. The van der Waals surface area contributed by atoms with Crippen molar-refractivity contribution >= 4 is 0 Å². The largest absolute Gasteiger partial charge is 0.384 e. The Kier molecular flexibility index (Phi) is 4.72. The van der Waals surface area contributed by atoms with Gasteiger partial charge in [-0.05, 0) is 31.2 Å². The van der Waals surface area contributed by atoms with Crippen molar-refractivity contribution in [2.75, 3.05) is 27.3 Å². The van der Waals surface area contributed by atoms with Crippen LogP contribution >= 0.6 is 0 Å². The third-order valence-corrected chi connectivity index (χ3v) is 2.47. The standard InChI is InChI=1S/C12H18FNO/c1-9-6-10(4-5-12(9)13)11(7-14-2)8-15-3/h4-6,11,14H,7-8H2,1-3H3. The van der Waals surface area contributed by atoms with Gasteiger partial charge in [0.15, 0.2) is 0 Å². The van der Waals surface area contributed by atoms with E-state index < -0.39 is 0 Å². The number of halogens is 1. The molecule has 0 radical (unpaired) electrons. The van der Waals surface area contributed by atoms with Crippen LogP contribution in [0.3, 0.4) is 0 Å². The summed E-state index contributed by atoms with van der Waals surface area (Å²) in [5, 5.41) is 3.11.